The first kappa shape index (κ1) is 20.4. The Kier molecular flexibility index (Phi) is 8.48. The Bertz CT molecular complexity index is 480. The van der Waals surface area contributed by atoms with Gasteiger partial charge in [-0.1, -0.05) is 19.9 Å². The Morgan fingerprint density at radius 3 is 2.35 bits per heavy atom. The smallest absolute Gasteiger partial charge is 0.161 e. The van der Waals surface area contributed by atoms with Crippen molar-refractivity contribution in [1.29, 1.82) is 0 Å². The van der Waals surface area contributed by atoms with Crippen molar-refractivity contribution in [2.45, 2.75) is 26.3 Å². The van der Waals surface area contributed by atoms with E-state index in [1.807, 2.05) is 0 Å². The van der Waals surface area contributed by atoms with Gasteiger partial charge in [0, 0.05) is 32.2 Å². The van der Waals surface area contributed by atoms with Gasteiger partial charge in [0.1, 0.15) is 13.2 Å². The molecule has 6 heteroatoms. The van der Waals surface area contributed by atoms with Crippen molar-refractivity contribution < 1.29 is 9.47 Å². The van der Waals surface area contributed by atoms with Crippen LogP contribution < -0.4 is 14.8 Å². The summed E-state index contributed by atoms with van der Waals surface area (Å²) in [5.74, 6) is 2.47. The second kappa shape index (κ2) is 9.58. The molecule has 0 bridgehead atoms. The molecular weight excluding hydrogens is 335 g/mol. The minimum Gasteiger partial charge on any atom is -0.486 e. The molecule has 0 amide bonds. The van der Waals surface area contributed by atoms with E-state index in [1.165, 1.54) is 12.0 Å². The van der Waals surface area contributed by atoms with Gasteiger partial charge in [0.15, 0.2) is 11.5 Å². The highest BCUT2D eigenvalue weighted by Gasteiger charge is 2.24. The lowest BCUT2D eigenvalue weighted by atomic mass is 9.94. The number of piperazine rings is 1. The van der Waals surface area contributed by atoms with E-state index in [0.29, 0.717) is 25.2 Å². The average Bonchev–Trinajstić information content (AvgIpc) is 2.53. The van der Waals surface area contributed by atoms with E-state index in [2.05, 4.69) is 42.3 Å². The highest BCUT2D eigenvalue weighted by Crippen LogP contribution is 2.36. The highest BCUT2D eigenvalue weighted by molar-refractivity contribution is 5.85. The fourth-order valence-corrected chi connectivity index (χ4v) is 3.20. The van der Waals surface area contributed by atoms with Crippen molar-refractivity contribution in [2.75, 3.05) is 39.4 Å². The number of halogens is 2. The van der Waals surface area contributed by atoms with E-state index in [9.17, 15) is 0 Å². The van der Waals surface area contributed by atoms with E-state index >= 15 is 0 Å². The van der Waals surface area contributed by atoms with Crippen molar-refractivity contribution in [1.82, 2.24) is 10.2 Å². The first-order valence-corrected chi connectivity index (χ1v) is 8.08. The lowest BCUT2D eigenvalue weighted by Gasteiger charge is -2.36. The van der Waals surface area contributed by atoms with Crippen LogP contribution in [0.15, 0.2) is 18.2 Å². The maximum Gasteiger partial charge on any atom is 0.161 e. The fraction of sp³-hybridized carbons (Fsp3) is 0.647. The molecule has 1 aromatic carbocycles. The average molecular weight is 363 g/mol. The van der Waals surface area contributed by atoms with Gasteiger partial charge in [0.05, 0.1) is 0 Å². The van der Waals surface area contributed by atoms with Crippen LogP contribution in [0.2, 0.25) is 0 Å². The van der Waals surface area contributed by atoms with Crippen molar-refractivity contribution in [3.8, 4) is 11.5 Å². The molecule has 3 rings (SSSR count). The molecule has 1 saturated heterocycles. The first-order chi connectivity index (χ1) is 10.2. The van der Waals surface area contributed by atoms with Gasteiger partial charge in [-0.15, -0.1) is 24.8 Å². The van der Waals surface area contributed by atoms with Crippen molar-refractivity contribution in [3.63, 3.8) is 0 Å². The largest absolute Gasteiger partial charge is 0.486 e. The minimum absolute atomic E-state index is 0. The third kappa shape index (κ3) is 5.15. The molecule has 2 aliphatic rings. The normalized spacial score (nSPS) is 18.7. The van der Waals surface area contributed by atoms with Gasteiger partial charge >= 0.3 is 0 Å². The van der Waals surface area contributed by atoms with E-state index in [-0.39, 0.29) is 24.8 Å². The minimum atomic E-state index is 0. The van der Waals surface area contributed by atoms with E-state index in [1.54, 1.807) is 0 Å². The van der Waals surface area contributed by atoms with Gasteiger partial charge in [-0.2, -0.15) is 0 Å². The second-order valence-corrected chi connectivity index (χ2v) is 6.33. The monoisotopic (exact) mass is 362 g/mol. The Hall–Kier alpha value is -0.680. The lowest BCUT2D eigenvalue weighted by molar-refractivity contribution is 0.151. The standard InChI is InChI=1S/C17H26N2O2.2ClH/c1-13(2)11-15(19-7-5-18-6-8-19)14-3-4-16-17(12-14)21-10-9-20-16;;/h3-4,12-13,15,18H,5-11H2,1-2H3;2*1H/t15-;;/m0../s1. The van der Waals surface area contributed by atoms with Crippen molar-refractivity contribution in [3.05, 3.63) is 23.8 Å². The molecule has 1 aromatic rings. The third-order valence-electron chi connectivity index (χ3n) is 4.24. The molecule has 1 N–H and O–H groups in total. The predicted molar refractivity (Wildman–Crippen MR) is 98.6 cm³/mol. The van der Waals surface area contributed by atoms with Crippen LogP contribution in [0.25, 0.3) is 0 Å². The van der Waals surface area contributed by atoms with Gasteiger partial charge in [-0.05, 0) is 30.0 Å². The number of nitrogens with one attached hydrogen (secondary N) is 1. The van der Waals surface area contributed by atoms with Crippen LogP contribution >= 0.6 is 24.8 Å². The molecule has 0 radical (unpaired) electrons. The molecule has 2 aliphatic heterocycles. The maximum atomic E-state index is 5.75. The Morgan fingerprint density at radius 1 is 1.04 bits per heavy atom. The van der Waals surface area contributed by atoms with Crippen LogP contribution in [-0.4, -0.2) is 44.3 Å². The number of fused-ring (bicyclic) bond motifs is 1. The number of benzene rings is 1. The zero-order valence-electron chi connectivity index (χ0n) is 13.9. The summed E-state index contributed by atoms with van der Waals surface area (Å²) in [5.41, 5.74) is 1.36. The predicted octanol–water partition coefficient (Wildman–Crippen LogP) is 3.29. The summed E-state index contributed by atoms with van der Waals surface area (Å²) in [6.45, 7) is 10.3. The van der Waals surface area contributed by atoms with Gasteiger partial charge in [0.25, 0.3) is 0 Å². The number of ether oxygens (including phenoxy) is 2. The number of nitrogens with zero attached hydrogens (tertiary/aromatic N) is 1. The molecule has 4 nitrogen and oxygen atoms in total. The molecule has 0 saturated carbocycles. The Balaban J connectivity index is 0.00000132. The summed E-state index contributed by atoms with van der Waals surface area (Å²) in [4.78, 5) is 2.60. The van der Waals surface area contributed by atoms with Gasteiger partial charge in [-0.3, -0.25) is 4.90 Å². The van der Waals surface area contributed by atoms with Gasteiger partial charge in [0.2, 0.25) is 0 Å². The molecule has 0 aliphatic carbocycles. The van der Waals surface area contributed by atoms with Gasteiger partial charge in [-0.25, -0.2) is 0 Å². The summed E-state index contributed by atoms with van der Waals surface area (Å²) in [6, 6.07) is 6.94. The van der Waals surface area contributed by atoms with Crippen LogP contribution in [0, 0.1) is 5.92 Å². The van der Waals surface area contributed by atoms with Crippen LogP contribution in [0.1, 0.15) is 31.9 Å². The quantitative estimate of drug-likeness (QED) is 0.890. The molecular formula is C17H28Cl2N2O2. The summed E-state index contributed by atoms with van der Waals surface area (Å²) in [7, 11) is 0. The van der Waals surface area contributed by atoms with Crippen molar-refractivity contribution >= 4 is 24.8 Å². The van der Waals surface area contributed by atoms with Crippen LogP contribution in [-0.2, 0) is 0 Å². The summed E-state index contributed by atoms with van der Waals surface area (Å²) < 4.78 is 11.4. The first-order valence-electron chi connectivity index (χ1n) is 8.08. The number of hydrogen-bond donors (Lipinski definition) is 1. The van der Waals surface area contributed by atoms with E-state index in [4.69, 9.17) is 9.47 Å². The highest BCUT2D eigenvalue weighted by atomic mass is 35.5. The fourth-order valence-electron chi connectivity index (χ4n) is 3.20. The zero-order chi connectivity index (χ0) is 14.7. The zero-order valence-corrected chi connectivity index (χ0v) is 15.5. The molecule has 1 atom stereocenters. The molecule has 0 unspecified atom stereocenters. The summed E-state index contributed by atoms with van der Waals surface area (Å²) >= 11 is 0. The Morgan fingerprint density at radius 2 is 1.70 bits per heavy atom. The number of rotatable bonds is 4. The molecule has 23 heavy (non-hydrogen) atoms. The molecule has 1 fully saturated rings. The van der Waals surface area contributed by atoms with Crippen molar-refractivity contribution in [2.24, 2.45) is 5.92 Å². The molecule has 0 spiro atoms. The third-order valence-corrected chi connectivity index (χ3v) is 4.24. The van der Waals surface area contributed by atoms with Crippen LogP contribution in [0.3, 0.4) is 0 Å². The molecule has 2 heterocycles. The van der Waals surface area contributed by atoms with E-state index < -0.39 is 0 Å². The molecule has 0 aromatic heterocycles. The Labute approximate surface area is 151 Å². The lowest BCUT2D eigenvalue weighted by Crippen LogP contribution is -2.45. The summed E-state index contributed by atoms with van der Waals surface area (Å²) in [5, 5.41) is 3.44. The van der Waals surface area contributed by atoms with Crippen LogP contribution in [0.5, 0.6) is 11.5 Å². The van der Waals surface area contributed by atoms with Crippen LogP contribution in [0.4, 0.5) is 0 Å². The maximum absolute atomic E-state index is 5.75. The second-order valence-electron chi connectivity index (χ2n) is 6.33. The van der Waals surface area contributed by atoms with E-state index in [0.717, 1.165) is 37.7 Å². The van der Waals surface area contributed by atoms with Gasteiger partial charge < -0.3 is 14.8 Å². The molecule has 132 valence electrons. The summed E-state index contributed by atoms with van der Waals surface area (Å²) in [6.07, 6.45) is 1.18. The number of hydrogen-bond acceptors (Lipinski definition) is 4. The SMILES string of the molecule is CC(C)C[C@@H](c1ccc2c(c1)OCCO2)N1CCNCC1.Cl.Cl. The topological polar surface area (TPSA) is 33.7 Å².